The third-order valence-corrected chi connectivity index (χ3v) is 2.69. The van der Waals surface area contributed by atoms with Gasteiger partial charge in [-0.15, -0.1) is 0 Å². The van der Waals surface area contributed by atoms with E-state index in [1.807, 2.05) is 13.0 Å². The van der Waals surface area contributed by atoms with Gasteiger partial charge in [0.1, 0.15) is 6.29 Å². The molecule has 0 atom stereocenters. The Hall–Kier alpha value is -2.43. The summed E-state index contributed by atoms with van der Waals surface area (Å²) >= 11 is 0. The van der Waals surface area contributed by atoms with Crippen molar-refractivity contribution in [2.24, 2.45) is 0 Å². The number of amides is 1. The van der Waals surface area contributed by atoms with Gasteiger partial charge >= 0.3 is 0 Å². The Bertz CT molecular complexity index is 602. The van der Waals surface area contributed by atoms with Crippen molar-refractivity contribution in [2.75, 3.05) is 7.05 Å². The minimum atomic E-state index is -0.227. The number of benzene rings is 1. The van der Waals surface area contributed by atoms with Gasteiger partial charge in [-0.05, 0) is 36.8 Å². The second kappa shape index (κ2) is 4.83. The minimum Gasteiger partial charge on any atom is -0.354 e. The highest BCUT2D eigenvalue weighted by atomic mass is 16.1. The van der Waals surface area contributed by atoms with Crippen LogP contribution in [0.1, 0.15) is 26.4 Å². The quantitative estimate of drug-likeness (QED) is 0.828. The first-order valence-corrected chi connectivity index (χ1v) is 5.49. The first-order valence-electron chi connectivity index (χ1n) is 5.49. The first kappa shape index (κ1) is 12.0. The van der Waals surface area contributed by atoms with E-state index in [4.69, 9.17) is 0 Å². The van der Waals surface area contributed by atoms with Crippen molar-refractivity contribution >= 4 is 12.2 Å². The molecule has 0 aliphatic carbocycles. The van der Waals surface area contributed by atoms with E-state index >= 15 is 0 Å². The molecule has 0 radical (unpaired) electrons. The Morgan fingerprint density at radius 1 is 1.39 bits per heavy atom. The lowest BCUT2D eigenvalue weighted by atomic mass is 10.1. The molecule has 0 saturated heterocycles. The minimum absolute atomic E-state index is 0.227. The third-order valence-electron chi connectivity index (χ3n) is 2.69. The molecule has 5 nitrogen and oxygen atoms in total. The van der Waals surface area contributed by atoms with E-state index in [1.165, 1.54) is 0 Å². The van der Waals surface area contributed by atoms with Gasteiger partial charge in [0.2, 0.25) is 0 Å². The summed E-state index contributed by atoms with van der Waals surface area (Å²) in [6.45, 7) is 1.86. The van der Waals surface area contributed by atoms with Crippen LogP contribution in [-0.4, -0.2) is 29.0 Å². The maximum absolute atomic E-state index is 11.4. The van der Waals surface area contributed by atoms with E-state index in [1.54, 1.807) is 36.1 Å². The Morgan fingerprint density at radius 3 is 2.78 bits per heavy atom. The fraction of sp³-hybridized carbons (Fsp3) is 0.154. The van der Waals surface area contributed by atoms with Crippen LogP contribution in [0.3, 0.4) is 0 Å². The lowest BCUT2D eigenvalue weighted by Gasteiger charge is -2.04. The number of hydrogen-bond acceptors (Lipinski definition) is 3. The van der Waals surface area contributed by atoms with E-state index in [0.717, 1.165) is 17.5 Å². The molecule has 2 aromatic rings. The maximum atomic E-state index is 11.4. The highest BCUT2D eigenvalue weighted by molar-refractivity contribution is 5.91. The molecule has 1 aromatic carbocycles. The molecule has 18 heavy (non-hydrogen) atoms. The summed E-state index contributed by atoms with van der Waals surface area (Å²) in [4.78, 5) is 22.1. The lowest BCUT2D eigenvalue weighted by Crippen LogP contribution is -2.18. The standard InChI is InChI=1S/C13H13N3O2/c1-9-7-11(4-3-10(9)8-17)16-6-5-12(15-16)13(18)14-2/h3-8H,1-2H3,(H,14,18). The second-order valence-electron chi connectivity index (χ2n) is 3.88. The van der Waals surface area contributed by atoms with Crippen LogP contribution < -0.4 is 5.32 Å². The van der Waals surface area contributed by atoms with Crippen LogP contribution in [0.2, 0.25) is 0 Å². The molecule has 0 aliphatic rings. The number of carbonyl (C=O) groups is 2. The second-order valence-corrected chi connectivity index (χ2v) is 3.88. The monoisotopic (exact) mass is 243 g/mol. The van der Waals surface area contributed by atoms with Gasteiger partial charge in [-0.3, -0.25) is 9.59 Å². The Kier molecular flexibility index (Phi) is 3.23. The molecule has 0 unspecified atom stereocenters. The molecule has 0 saturated carbocycles. The number of aryl methyl sites for hydroxylation is 1. The normalized spacial score (nSPS) is 10.1. The Balaban J connectivity index is 2.37. The Morgan fingerprint density at radius 2 is 2.17 bits per heavy atom. The van der Waals surface area contributed by atoms with Crippen molar-refractivity contribution in [1.82, 2.24) is 15.1 Å². The molecule has 1 aromatic heterocycles. The van der Waals surface area contributed by atoms with Crippen molar-refractivity contribution in [3.8, 4) is 5.69 Å². The molecule has 1 heterocycles. The van der Waals surface area contributed by atoms with Gasteiger partial charge in [0.05, 0.1) is 5.69 Å². The number of rotatable bonds is 3. The van der Waals surface area contributed by atoms with Gasteiger partial charge in [0.25, 0.3) is 5.91 Å². The fourth-order valence-corrected chi connectivity index (χ4v) is 1.65. The summed E-state index contributed by atoms with van der Waals surface area (Å²) in [5.41, 5.74) is 2.69. The van der Waals surface area contributed by atoms with E-state index in [2.05, 4.69) is 10.4 Å². The Labute approximate surface area is 104 Å². The summed E-state index contributed by atoms with van der Waals surface area (Å²) in [6.07, 6.45) is 2.53. The average Bonchev–Trinajstić information content (AvgIpc) is 2.87. The summed E-state index contributed by atoms with van der Waals surface area (Å²) in [7, 11) is 1.56. The summed E-state index contributed by atoms with van der Waals surface area (Å²) in [5, 5.41) is 6.68. The number of aldehydes is 1. The highest BCUT2D eigenvalue weighted by Crippen LogP contribution is 2.13. The first-order chi connectivity index (χ1) is 8.65. The molecule has 92 valence electrons. The predicted octanol–water partition coefficient (Wildman–Crippen LogP) is 1.35. The van der Waals surface area contributed by atoms with Gasteiger partial charge < -0.3 is 5.32 Å². The van der Waals surface area contributed by atoms with E-state index in [-0.39, 0.29) is 5.91 Å². The topological polar surface area (TPSA) is 64.0 Å². The molecular weight excluding hydrogens is 230 g/mol. The number of aromatic nitrogens is 2. The third kappa shape index (κ3) is 2.15. The SMILES string of the molecule is CNC(=O)c1ccn(-c2ccc(C=O)c(C)c2)n1. The number of nitrogens with one attached hydrogen (secondary N) is 1. The van der Waals surface area contributed by atoms with E-state index in [9.17, 15) is 9.59 Å². The number of nitrogens with zero attached hydrogens (tertiary/aromatic N) is 2. The van der Waals surface area contributed by atoms with E-state index < -0.39 is 0 Å². The average molecular weight is 243 g/mol. The van der Waals surface area contributed by atoms with Gasteiger partial charge in [-0.25, -0.2) is 4.68 Å². The van der Waals surface area contributed by atoms with Gasteiger partial charge in [0.15, 0.2) is 5.69 Å². The zero-order valence-corrected chi connectivity index (χ0v) is 10.2. The summed E-state index contributed by atoms with van der Waals surface area (Å²) in [6, 6.07) is 7.02. The van der Waals surface area contributed by atoms with Crippen molar-refractivity contribution in [3.63, 3.8) is 0 Å². The zero-order chi connectivity index (χ0) is 13.1. The molecule has 0 spiro atoms. The maximum Gasteiger partial charge on any atom is 0.271 e. The van der Waals surface area contributed by atoms with Crippen LogP contribution in [0, 0.1) is 6.92 Å². The highest BCUT2D eigenvalue weighted by Gasteiger charge is 2.08. The largest absolute Gasteiger partial charge is 0.354 e. The molecule has 2 rings (SSSR count). The predicted molar refractivity (Wildman–Crippen MR) is 67.1 cm³/mol. The molecule has 1 amide bonds. The van der Waals surface area contributed by atoms with Crippen LogP contribution in [0.15, 0.2) is 30.5 Å². The molecule has 0 fully saturated rings. The van der Waals surface area contributed by atoms with Crippen molar-refractivity contribution in [3.05, 3.63) is 47.3 Å². The van der Waals surface area contributed by atoms with Crippen molar-refractivity contribution in [1.29, 1.82) is 0 Å². The van der Waals surface area contributed by atoms with Crippen molar-refractivity contribution in [2.45, 2.75) is 6.92 Å². The molecule has 0 bridgehead atoms. The van der Waals surface area contributed by atoms with Gasteiger partial charge in [-0.1, -0.05) is 0 Å². The summed E-state index contributed by atoms with van der Waals surface area (Å²) < 4.78 is 1.60. The fourth-order valence-electron chi connectivity index (χ4n) is 1.65. The van der Waals surface area contributed by atoms with Gasteiger partial charge in [0, 0.05) is 18.8 Å². The van der Waals surface area contributed by atoms with E-state index in [0.29, 0.717) is 11.3 Å². The number of hydrogen-bond donors (Lipinski definition) is 1. The van der Waals surface area contributed by atoms with Crippen LogP contribution in [0.5, 0.6) is 0 Å². The van der Waals surface area contributed by atoms with Crippen LogP contribution in [-0.2, 0) is 0 Å². The van der Waals surface area contributed by atoms with Crippen LogP contribution in [0.25, 0.3) is 5.69 Å². The van der Waals surface area contributed by atoms with Crippen molar-refractivity contribution < 1.29 is 9.59 Å². The van der Waals surface area contributed by atoms with Crippen LogP contribution >= 0.6 is 0 Å². The molecular formula is C13H13N3O2. The zero-order valence-electron chi connectivity index (χ0n) is 10.2. The van der Waals surface area contributed by atoms with Gasteiger partial charge in [-0.2, -0.15) is 5.10 Å². The smallest absolute Gasteiger partial charge is 0.271 e. The molecule has 5 heteroatoms. The molecule has 1 N–H and O–H groups in total. The van der Waals surface area contributed by atoms with Crippen LogP contribution in [0.4, 0.5) is 0 Å². The lowest BCUT2D eigenvalue weighted by molar-refractivity contribution is 0.0957. The molecule has 0 aliphatic heterocycles. The summed E-state index contributed by atoms with van der Waals surface area (Å²) in [5.74, 6) is -0.227. The number of carbonyl (C=O) groups excluding carboxylic acids is 2.